The molecule has 11 heavy (non-hydrogen) atoms. The predicted octanol–water partition coefficient (Wildman–Crippen LogP) is 1.69. The van der Waals surface area contributed by atoms with Gasteiger partial charge in [-0.3, -0.25) is 0 Å². The van der Waals surface area contributed by atoms with Gasteiger partial charge in [-0.1, -0.05) is 0 Å². The molecular formula is C7H9BrN2O. The van der Waals surface area contributed by atoms with Crippen molar-refractivity contribution < 1.29 is 4.42 Å². The van der Waals surface area contributed by atoms with Crippen molar-refractivity contribution in [2.24, 2.45) is 0 Å². The van der Waals surface area contributed by atoms with Crippen molar-refractivity contribution in [1.82, 2.24) is 10.3 Å². The molecule has 0 aliphatic heterocycles. The molecule has 1 aromatic rings. The van der Waals surface area contributed by atoms with Crippen LogP contribution in [-0.2, 0) is 6.54 Å². The maximum atomic E-state index is 4.98. The van der Waals surface area contributed by atoms with E-state index < -0.39 is 0 Å². The Morgan fingerprint density at radius 1 is 1.73 bits per heavy atom. The quantitative estimate of drug-likeness (QED) is 0.837. The number of halogens is 1. The van der Waals surface area contributed by atoms with Crippen LogP contribution in [0.4, 0.5) is 0 Å². The number of hydrogen-bond acceptors (Lipinski definition) is 3. The second-order valence-electron chi connectivity index (χ2n) is 2.75. The summed E-state index contributed by atoms with van der Waals surface area (Å²) in [5.41, 5.74) is 0.962. The highest BCUT2D eigenvalue weighted by atomic mass is 79.9. The van der Waals surface area contributed by atoms with Gasteiger partial charge in [-0.05, 0) is 12.8 Å². The first kappa shape index (κ1) is 7.31. The SMILES string of the molecule is Brc1nc(CNC2CC2)co1. The molecule has 0 saturated heterocycles. The summed E-state index contributed by atoms with van der Waals surface area (Å²) in [6.45, 7) is 0.819. The van der Waals surface area contributed by atoms with Gasteiger partial charge >= 0.3 is 0 Å². The van der Waals surface area contributed by atoms with Gasteiger partial charge in [0.1, 0.15) is 6.26 Å². The van der Waals surface area contributed by atoms with Crippen LogP contribution in [0.2, 0.25) is 0 Å². The summed E-state index contributed by atoms with van der Waals surface area (Å²) in [5, 5.41) is 3.34. The average molecular weight is 217 g/mol. The van der Waals surface area contributed by atoms with Crippen molar-refractivity contribution in [3.05, 3.63) is 16.8 Å². The second-order valence-corrected chi connectivity index (χ2v) is 3.43. The summed E-state index contributed by atoms with van der Waals surface area (Å²) >= 11 is 3.15. The van der Waals surface area contributed by atoms with Gasteiger partial charge in [-0.2, -0.15) is 0 Å². The van der Waals surface area contributed by atoms with Crippen LogP contribution < -0.4 is 5.32 Å². The zero-order valence-electron chi connectivity index (χ0n) is 6.01. The Morgan fingerprint density at radius 3 is 3.09 bits per heavy atom. The molecule has 1 fully saturated rings. The first-order chi connectivity index (χ1) is 5.34. The second kappa shape index (κ2) is 2.95. The van der Waals surface area contributed by atoms with E-state index in [9.17, 15) is 0 Å². The van der Waals surface area contributed by atoms with E-state index in [4.69, 9.17) is 4.42 Å². The van der Waals surface area contributed by atoms with Crippen molar-refractivity contribution in [2.75, 3.05) is 0 Å². The number of nitrogens with zero attached hydrogens (tertiary/aromatic N) is 1. The molecule has 4 heteroatoms. The number of oxazole rings is 1. The first-order valence-electron chi connectivity index (χ1n) is 3.68. The fraction of sp³-hybridized carbons (Fsp3) is 0.571. The molecule has 2 rings (SSSR count). The van der Waals surface area contributed by atoms with Gasteiger partial charge in [-0.15, -0.1) is 0 Å². The smallest absolute Gasteiger partial charge is 0.264 e. The molecule has 0 amide bonds. The van der Waals surface area contributed by atoms with Crippen LogP contribution in [0, 0.1) is 0 Å². The van der Waals surface area contributed by atoms with Gasteiger partial charge in [0.15, 0.2) is 0 Å². The Morgan fingerprint density at radius 2 is 2.55 bits per heavy atom. The lowest BCUT2D eigenvalue weighted by Gasteiger charge is -1.95. The Balaban J connectivity index is 1.85. The van der Waals surface area contributed by atoms with Crippen LogP contribution in [0.15, 0.2) is 15.5 Å². The van der Waals surface area contributed by atoms with E-state index in [0.717, 1.165) is 18.3 Å². The maximum Gasteiger partial charge on any atom is 0.264 e. The highest BCUT2D eigenvalue weighted by molar-refractivity contribution is 9.10. The molecule has 1 aliphatic carbocycles. The number of hydrogen-bond donors (Lipinski definition) is 1. The van der Waals surface area contributed by atoms with E-state index in [2.05, 4.69) is 26.2 Å². The molecule has 1 N–H and O–H groups in total. The van der Waals surface area contributed by atoms with Gasteiger partial charge in [0, 0.05) is 28.5 Å². The fourth-order valence-electron chi connectivity index (χ4n) is 0.900. The lowest BCUT2D eigenvalue weighted by atomic mass is 10.5. The molecule has 0 atom stereocenters. The highest BCUT2D eigenvalue weighted by Crippen LogP contribution is 2.19. The van der Waals surface area contributed by atoms with Gasteiger partial charge in [0.05, 0.1) is 5.69 Å². The van der Waals surface area contributed by atoms with Gasteiger partial charge in [0.2, 0.25) is 0 Å². The molecule has 1 aliphatic rings. The molecule has 0 radical (unpaired) electrons. The lowest BCUT2D eigenvalue weighted by Crippen LogP contribution is -2.15. The van der Waals surface area contributed by atoms with Crippen molar-refractivity contribution in [3.8, 4) is 0 Å². The van der Waals surface area contributed by atoms with Crippen LogP contribution >= 0.6 is 15.9 Å². The predicted molar refractivity (Wildman–Crippen MR) is 44.1 cm³/mol. The van der Waals surface area contributed by atoms with E-state index in [1.54, 1.807) is 6.26 Å². The Labute approximate surface area is 73.3 Å². The molecule has 60 valence electrons. The normalized spacial score (nSPS) is 17.2. The van der Waals surface area contributed by atoms with Crippen molar-refractivity contribution >= 4 is 15.9 Å². The minimum absolute atomic E-state index is 0.560. The van der Waals surface area contributed by atoms with E-state index in [1.807, 2.05) is 0 Å². The topological polar surface area (TPSA) is 38.1 Å². The van der Waals surface area contributed by atoms with Crippen molar-refractivity contribution in [1.29, 1.82) is 0 Å². The molecule has 0 aromatic carbocycles. The minimum atomic E-state index is 0.560. The van der Waals surface area contributed by atoms with Crippen LogP contribution in [0.25, 0.3) is 0 Å². The molecule has 1 heterocycles. The maximum absolute atomic E-state index is 4.98. The fourth-order valence-corrected chi connectivity index (χ4v) is 1.22. The average Bonchev–Trinajstić information content (AvgIpc) is 2.72. The Hall–Kier alpha value is -0.350. The largest absolute Gasteiger partial charge is 0.439 e. The van der Waals surface area contributed by atoms with Crippen molar-refractivity contribution in [3.63, 3.8) is 0 Å². The lowest BCUT2D eigenvalue weighted by molar-refractivity contribution is 0.527. The molecule has 0 bridgehead atoms. The third-order valence-electron chi connectivity index (χ3n) is 1.67. The molecular weight excluding hydrogens is 208 g/mol. The highest BCUT2D eigenvalue weighted by Gasteiger charge is 2.20. The van der Waals surface area contributed by atoms with E-state index in [-0.39, 0.29) is 0 Å². The van der Waals surface area contributed by atoms with E-state index in [1.165, 1.54) is 12.8 Å². The van der Waals surface area contributed by atoms with Crippen molar-refractivity contribution in [2.45, 2.75) is 25.4 Å². The molecule has 0 spiro atoms. The molecule has 3 nitrogen and oxygen atoms in total. The minimum Gasteiger partial charge on any atom is -0.439 e. The summed E-state index contributed by atoms with van der Waals surface area (Å²) in [5.74, 6) is 0. The number of aromatic nitrogens is 1. The molecule has 1 saturated carbocycles. The molecule has 0 unspecified atom stereocenters. The summed E-state index contributed by atoms with van der Waals surface area (Å²) in [6.07, 6.45) is 4.28. The van der Waals surface area contributed by atoms with Gasteiger partial charge in [-0.25, -0.2) is 4.98 Å². The van der Waals surface area contributed by atoms with Crippen LogP contribution in [0.1, 0.15) is 18.5 Å². The van der Waals surface area contributed by atoms with E-state index in [0.29, 0.717) is 4.80 Å². The van der Waals surface area contributed by atoms with Crippen LogP contribution in [0.3, 0.4) is 0 Å². The monoisotopic (exact) mass is 216 g/mol. The zero-order valence-corrected chi connectivity index (χ0v) is 7.60. The van der Waals surface area contributed by atoms with Gasteiger partial charge in [0.25, 0.3) is 4.80 Å². The third kappa shape index (κ3) is 2.04. The summed E-state index contributed by atoms with van der Waals surface area (Å²) in [7, 11) is 0. The standard InChI is InChI=1S/C7H9BrN2O/c8-7-10-6(4-11-7)3-9-5-1-2-5/h4-5,9H,1-3H2. The summed E-state index contributed by atoms with van der Waals surface area (Å²) in [4.78, 5) is 4.66. The summed E-state index contributed by atoms with van der Waals surface area (Å²) in [6, 6.07) is 0.727. The van der Waals surface area contributed by atoms with Gasteiger partial charge < -0.3 is 9.73 Å². The van der Waals surface area contributed by atoms with Crippen LogP contribution in [0.5, 0.6) is 0 Å². The van der Waals surface area contributed by atoms with E-state index >= 15 is 0 Å². The Kier molecular flexibility index (Phi) is 1.96. The molecule has 1 aromatic heterocycles. The number of rotatable bonds is 3. The third-order valence-corrected chi connectivity index (χ3v) is 2.04. The van der Waals surface area contributed by atoms with Crippen LogP contribution in [-0.4, -0.2) is 11.0 Å². The first-order valence-corrected chi connectivity index (χ1v) is 4.47. The number of nitrogens with one attached hydrogen (secondary N) is 1. The zero-order chi connectivity index (χ0) is 7.68. The Bertz CT molecular complexity index is 244. The summed E-state index contributed by atoms with van der Waals surface area (Å²) < 4.78 is 4.98.